The predicted octanol–water partition coefficient (Wildman–Crippen LogP) is 2.83. The Hall–Kier alpha value is -3.07. The largest absolute Gasteiger partial charge is 0.385 e. The number of guanidine groups is 1. The van der Waals surface area contributed by atoms with Crippen LogP contribution in [0, 0.1) is 17.4 Å². The van der Waals surface area contributed by atoms with Gasteiger partial charge in [0.05, 0.1) is 6.54 Å². The molecule has 3 rings (SSSR count). The molecule has 2 heterocycles. The SMILES string of the molecule is N#CNC(=NCc1ccccc1)N1CCC(CNc2ccncc2)CC1. The minimum Gasteiger partial charge on any atom is -0.385 e. The molecule has 1 fully saturated rings. The van der Waals surface area contributed by atoms with E-state index in [9.17, 15) is 0 Å². The highest BCUT2D eigenvalue weighted by Gasteiger charge is 2.21. The zero-order valence-electron chi connectivity index (χ0n) is 14.8. The molecule has 2 aromatic rings. The summed E-state index contributed by atoms with van der Waals surface area (Å²) in [6.45, 7) is 3.35. The quantitative estimate of drug-likeness (QED) is 0.376. The van der Waals surface area contributed by atoms with Crippen molar-refractivity contribution in [2.75, 3.05) is 25.0 Å². The third-order valence-corrected chi connectivity index (χ3v) is 4.61. The summed E-state index contributed by atoms with van der Waals surface area (Å²) < 4.78 is 0. The molecule has 6 nitrogen and oxygen atoms in total. The first kappa shape index (κ1) is 17.7. The van der Waals surface area contributed by atoms with Crippen LogP contribution >= 0.6 is 0 Å². The summed E-state index contributed by atoms with van der Waals surface area (Å²) in [5.41, 5.74) is 2.25. The Kier molecular flexibility index (Phi) is 6.43. The summed E-state index contributed by atoms with van der Waals surface area (Å²) in [5.74, 6) is 1.30. The lowest BCUT2D eigenvalue weighted by molar-refractivity contribution is 0.269. The maximum atomic E-state index is 9.04. The van der Waals surface area contributed by atoms with Gasteiger partial charge in [-0.1, -0.05) is 30.3 Å². The lowest BCUT2D eigenvalue weighted by Crippen LogP contribution is -2.45. The van der Waals surface area contributed by atoms with E-state index in [2.05, 4.69) is 25.5 Å². The average molecular weight is 348 g/mol. The van der Waals surface area contributed by atoms with Crippen molar-refractivity contribution in [2.24, 2.45) is 10.9 Å². The van der Waals surface area contributed by atoms with Gasteiger partial charge in [-0.3, -0.25) is 10.3 Å². The van der Waals surface area contributed by atoms with Gasteiger partial charge in [-0.15, -0.1) is 0 Å². The Labute approximate surface area is 154 Å². The number of rotatable bonds is 5. The van der Waals surface area contributed by atoms with Crippen LogP contribution in [0.5, 0.6) is 0 Å². The van der Waals surface area contributed by atoms with Gasteiger partial charge >= 0.3 is 0 Å². The maximum Gasteiger partial charge on any atom is 0.207 e. The van der Waals surface area contributed by atoms with Gasteiger partial charge in [0.2, 0.25) is 5.96 Å². The van der Waals surface area contributed by atoms with Gasteiger partial charge in [0.25, 0.3) is 0 Å². The van der Waals surface area contributed by atoms with Gasteiger partial charge in [0.1, 0.15) is 0 Å². The Morgan fingerprint density at radius 2 is 1.88 bits per heavy atom. The van der Waals surface area contributed by atoms with Crippen molar-refractivity contribution in [3.8, 4) is 6.19 Å². The second-order valence-corrected chi connectivity index (χ2v) is 6.41. The van der Waals surface area contributed by atoms with Crippen LogP contribution in [-0.2, 0) is 6.54 Å². The number of nitrogens with one attached hydrogen (secondary N) is 2. The number of aliphatic imine (C=N–C) groups is 1. The number of aromatic nitrogens is 1. The van der Waals surface area contributed by atoms with E-state index < -0.39 is 0 Å². The molecule has 0 radical (unpaired) electrons. The first-order valence-corrected chi connectivity index (χ1v) is 8.97. The maximum absolute atomic E-state index is 9.04. The molecule has 1 saturated heterocycles. The predicted molar refractivity (Wildman–Crippen MR) is 103 cm³/mol. The van der Waals surface area contributed by atoms with Gasteiger partial charge in [-0.2, -0.15) is 5.26 Å². The lowest BCUT2D eigenvalue weighted by Gasteiger charge is -2.33. The Balaban J connectivity index is 1.50. The molecule has 0 aliphatic carbocycles. The van der Waals surface area contributed by atoms with Gasteiger partial charge in [0.15, 0.2) is 6.19 Å². The van der Waals surface area contributed by atoms with Crippen molar-refractivity contribution in [3.05, 3.63) is 60.4 Å². The molecule has 0 bridgehead atoms. The number of hydrogen-bond donors (Lipinski definition) is 2. The smallest absolute Gasteiger partial charge is 0.207 e. The molecule has 1 aliphatic rings. The fraction of sp³-hybridized carbons (Fsp3) is 0.350. The van der Waals surface area contributed by atoms with Crippen molar-refractivity contribution in [2.45, 2.75) is 19.4 Å². The fourth-order valence-corrected chi connectivity index (χ4v) is 3.10. The van der Waals surface area contributed by atoms with Gasteiger partial charge in [0, 0.05) is 37.7 Å². The number of anilines is 1. The van der Waals surface area contributed by atoms with E-state index in [0.717, 1.165) is 43.7 Å². The minimum atomic E-state index is 0.578. The molecule has 0 saturated carbocycles. The van der Waals surface area contributed by atoms with Crippen molar-refractivity contribution in [1.29, 1.82) is 5.26 Å². The van der Waals surface area contributed by atoms with Crippen LogP contribution in [0.3, 0.4) is 0 Å². The molecule has 0 unspecified atom stereocenters. The summed E-state index contributed by atoms with van der Waals surface area (Å²) in [6, 6.07) is 14.1. The molecule has 1 aromatic carbocycles. The minimum absolute atomic E-state index is 0.578. The highest BCUT2D eigenvalue weighted by atomic mass is 15.3. The first-order chi connectivity index (χ1) is 12.8. The van der Waals surface area contributed by atoms with E-state index in [1.165, 1.54) is 0 Å². The van der Waals surface area contributed by atoms with Crippen molar-refractivity contribution in [1.82, 2.24) is 15.2 Å². The summed E-state index contributed by atoms with van der Waals surface area (Å²) in [4.78, 5) is 10.8. The molecule has 0 spiro atoms. The second kappa shape index (κ2) is 9.42. The van der Waals surface area contributed by atoms with Gasteiger partial charge in [-0.05, 0) is 36.5 Å². The molecular formula is C20H24N6. The van der Waals surface area contributed by atoms with Crippen molar-refractivity contribution < 1.29 is 0 Å². The molecule has 0 amide bonds. The van der Waals surface area contributed by atoms with E-state index >= 15 is 0 Å². The van der Waals surface area contributed by atoms with E-state index in [4.69, 9.17) is 5.26 Å². The van der Waals surface area contributed by atoms with E-state index in [-0.39, 0.29) is 0 Å². The molecule has 1 aromatic heterocycles. The first-order valence-electron chi connectivity index (χ1n) is 8.97. The summed E-state index contributed by atoms with van der Waals surface area (Å²) in [5, 5.41) is 15.3. The van der Waals surface area contributed by atoms with Gasteiger partial charge < -0.3 is 10.2 Å². The number of pyridine rings is 1. The van der Waals surface area contributed by atoms with Crippen LogP contribution in [-0.4, -0.2) is 35.5 Å². The molecule has 2 N–H and O–H groups in total. The third kappa shape index (κ3) is 5.21. The standard InChI is InChI=1S/C20H24N6/c21-16-25-20(24-15-17-4-2-1-3-5-17)26-12-8-18(9-13-26)14-23-19-6-10-22-11-7-19/h1-7,10-11,18H,8-9,12-15H2,(H,22,23)(H,24,25). The number of nitriles is 1. The molecule has 1 aliphatic heterocycles. The Morgan fingerprint density at radius 3 is 2.58 bits per heavy atom. The summed E-state index contributed by atoms with van der Waals surface area (Å²) in [7, 11) is 0. The molecule has 6 heteroatoms. The highest BCUT2D eigenvalue weighted by Crippen LogP contribution is 2.18. The fourth-order valence-electron chi connectivity index (χ4n) is 3.10. The molecule has 134 valence electrons. The number of benzene rings is 1. The van der Waals surface area contributed by atoms with E-state index in [0.29, 0.717) is 18.4 Å². The zero-order chi connectivity index (χ0) is 18.0. The highest BCUT2D eigenvalue weighted by molar-refractivity contribution is 5.81. The molecule has 0 atom stereocenters. The number of nitrogens with zero attached hydrogens (tertiary/aromatic N) is 4. The van der Waals surface area contributed by atoms with Crippen LogP contribution in [0.4, 0.5) is 5.69 Å². The normalized spacial score (nSPS) is 15.3. The van der Waals surface area contributed by atoms with Crippen molar-refractivity contribution in [3.63, 3.8) is 0 Å². The van der Waals surface area contributed by atoms with E-state index in [1.54, 1.807) is 12.4 Å². The zero-order valence-corrected chi connectivity index (χ0v) is 14.8. The number of likely N-dealkylation sites (tertiary alicyclic amines) is 1. The van der Waals surface area contributed by atoms with Crippen LogP contribution in [0.2, 0.25) is 0 Å². The van der Waals surface area contributed by atoms with Crippen LogP contribution < -0.4 is 10.6 Å². The van der Waals surface area contributed by atoms with Crippen LogP contribution in [0.15, 0.2) is 59.9 Å². The molecule has 26 heavy (non-hydrogen) atoms. The topological polar surface area (TPSA) is 76.3 Å². The van der Waals surface area contributed by atoms with Crippen LogP contribution in [0.1, 0.15) is 18.4 Å². The summed E-state index contributed by atoms with van der Waals surface area (Å²) >= 11 is 0. The molecular weight excluding hydrogens is 324 g/mol. The van der Waals surface area contributed by atoms with Crippen molar-refractivity contribution >= 4 is 11.6 Å². The van der Waals surface area contributed by atoms with Gasteiger partial charge in [-0.25, -0.2) is 4.99 Å². The second-order valence-electron chi connectivity index (χ2n) is 6.41. The average Bonchev–Trinajstić information content (AvgIpc) is 2.71. The lowest BCUT2D eigenvalue weighted by atomic mass is 9.97. The monoisotopic (exact) mass is 348 g/mol. The number of hydrogen-bond acceptors (Lipinski definition) is 4. The van der Waals surface area contributed by atoms with E-state index in [1.807, 2.05) is 48.7 Å². The number of piperidine rings is 1. The third-order valence-electron chi connectivity index (χ3n) is 4.61. The van der Waals surface area contributed by atoms with Crippen LogP contribution in [0.25, 0.3) is 0 Å². The Bertz CT molecular complexity index is 730. The summed E-state index contributed by atoms with van der Waals surface area (Å²) in [6.07, 6.45) is 7.78. The Morgan fingerprint density at radius 1 is 1.15 bits per heavy atom.